The summed E-state index contributed by atoms with van der Waals surface area (Å²) in [5.74, 6) is -0.0850. The zero-order valence-electron chi connectivity index (χ0n) is 9.08. The summed E-state index contributed by atoms with van der Waals surface area (Å²) in [5.41, 5.74) is 1.24. The van der Waals surface area contributed by atoms with Crippen LogP contribution < -0.4 is 0 Å². The van der Waals surface area contributed by atoms with Crippen LogP contribution in [-0.2, 0) is 4.74 Å². The fraction of sp³-hybridized carbons (Fsp3) is 0.455. The van der Waals surface area contributed by atoms with Crippen LogP contribution in [0.25, 0.3) is 0 Å². The number of aromatic nitrogens is 1. The fourth-order valence-corrected chi connectivity index (χ4v) is 1.50. The van der Waals surface area contributed by atoms with Crippen molar-refractivity contribution in [3.05, 3.63) is 28.0 Å². The first-order valence-electron chi connectivity index (χ1n) is 4.89. The van der Waals surface area contributed by atoms with Gasteiger partial charge in [0.2, 0.25) is 0 Å². The average molecular weight is 272 g/mol. The topological polar surface area (TPSA) is 39.2 Å². The molecule has 82 valence electrons. The standard InChI is InChI=1S/C11H14BrNO2/c1-4-15-11(14)10-8(12)5-6-9(13-10)7(2)3/h5-7H,4H2,1-3H3. The number of hydrogen-bond donors (Lipinski definition) is 0. The SMILES string of the molecule is CCOC(=O)c1nc(C(C)C)ccc1Br. The highest BCUT2D eigenvalue weighted by Crippen LogP contribution is 2.19. The number of carbonyl (C=O) groups excluding carboxylic acids is 1. The number of pyridine rings is 1. The highest BCUT2D eigenvalue weighted by Gasteiger charge is 2.14. The summed E-state index contributed by atoms with van der Waals surface area (Å²) in [4.78, 5) is 15.8. The van der Waals surface area contributed by atoms with Gasteiger partial charge in [-0.3, -0.25) is 0 Å². The molecule has 0 aromatic carbocycles. The van der Waals surface area contributed by atoms with Crippen molar-refractivity contribution in [3.8, 4) is 0 Å². The minimum absolute atomic E-state index is 0.297. The predicted molar refractivity (Wildman–Crippen MR) is 62.0 cm³/mol. The summed E-state index contributed by atoms with van der Waals surface area (Å²) in [6, 6.07) is 3.73. The summed E-state index contributed by atoms with van der Waals surface area (Å²) >= 11 is 3.29. The van der Waals surface area contributed by atoms with Gasteiger partial charge in [0.25, 0.3) is 0 Å². The molecule has 0 aliphatic heterocycles. The number of carbonyl (C=O) groups is 1. The number of halogens is 1. The van der Waals surface area contributed by atoms with Crippen LogP contribution >= 0.6 is 15.9 Å². The van der Waals surface area contributed by atoms with Crippen molar-refractivity contribution in [2.24, 2.45) is 0 Å². The molecule has 1 heterocycles. The van der Waals surface area contributed by atoms with E-state index >= 15 is 0 Å². The van der Waals surface area contributed by atoms with Gasteiger partial charge in [-0.15, -0.1) is 0 Å². The summed E-state index contributed by atoms with van der Waals surface area (Å²) in [5, 5.41) is 0. The number of ether oxygens (including phenoxy) is 1. The first kappa shape index (κ1) is 12.2. The molecule has 0 radical (unpaired) electrons. The third-order valence-corrected chi connectivity index (χ3v) is 2.57. The molecule has 1 rings (SSSR count). The van der Waals surface area contributed by atoms with E-state index in [-0.39, 0.29) is 5.97 Å². The molecule has 0 aliphatic rings. The van der Waals surface area contributed by atoms with Crippen LogP contribution in [0.2, 0.25) is 0 Å². The second-order valence-electron chi connectivity index (χ2n) is 3.44. The number of esters is 1. The van der Waals surface area contributed by atoms with Crippen LogP contribution in [0.15, 0.2) is 16.6 Å². The molecule has 0 amide bonds. The highest BCUT2D eigenvalue weighted by molar-refractivity contribution is 9.10. The van der Waals surface area contributed by atoms with E-state index in [1.54, 1.807) is 6.92 Å². The van der Waals surface area contributed by atoms with Gasteiger partial charge in [0.1, 0.15) is 0 Å². The van der Waals surface area contributed by atoms with Crippen LogP contribution in [-0.4, -0.2) is 17.6 Å². The smallest absolute Gasteiger partial charge is 0.358 e. The maximum atomic E-state index is 11.5. The van der Waals surface area contributed by atoms with Gasteiger partial charge in [0, 0.05) is 5.69 Å². The largest absolute Gasteiger partial charge is 0.461 e. The van der Waals surface area contributed by atoms with Crippen LogP contribution in [0.3, 0.4) is 0 Å². The summed E-state index contributed by atoms with van der Waals surface area (Å²) in [6.07, 6.45) is 0. The van der Waals surface area contributed by atoms with Gasteiger partial charge in [-0.05, 0) is 40.9 Å². The van der Waals surface area contributed by atoms with E-state index < -0.39 is 0 Å². The summed E-state index contributed by atoms with van der Waals surface area (Å²) in [6.45, 7) is 6.20. The normalized spacial score (nSPS) is 10.5. The quantitative estimate of drug-likeness (QED) is 0.793. The second-order valence-corrected chi connectivity index (χ2v) is 4.30. The molecule has 0 aliphatic carbocycles. The molecule has 4 heteroatoms. The number of hydrogen-bond acceptors (Lipinski definition) is 3. The molecule has 1 aromatic heterocycles. The van der Waals surface area contributed by atoms with Crippen molar-refractivity contribution >= 4 is 21.9 Å². The van der Waals surface area contributed by atoms with Gasteiger partial charge in [0.15, 0.2) is 5.69 Å². The van der Waals surface area contributed by atoms with E-state index in [1.165, 1.54) is 0 Å². The fourth-order valence-electron chi connectivity index (χ4n) is 1.12. The maximum absolute atomic E-state index is 11.5. The minimum Gasteiger partial charge on any atom is -0.461 e. The predicted octanol–water partition coefficient (Wildman–Crippen LogP) is 3.14. The lowest BCUT2D eigenvalue weighted by molar-refractivity contribution is 0.0518. The van der Waals surface area contributed by atoms with Gasteiger partial charge < -0.3 is 4.74 Å². The second kappa shape index (κ2) is 5.26. The van der Waals surface area contributed by atoms with Gasteiger partial charge in [-0.25, -0.2) is 9.78 Å². The molecule has 0 saturated carbocycles. The molecule has 0 bridgehead atoms. The van der Waals surface area contributed by atoms with Crippen molar-refractivity contribution in [3.63, 3.8) is 0 Å². The third-order valence-electron chi connectivity index (χ3n) is 1.93. The van der Waals surface area contributed by atoms with Crippen LogP contribution in [0.4, 0.5) is 0 Å². The zero-order valence-corrected chi connectivity index (χ0v) is 10.7. The lowest BCUT2D eigenvalue weighted by Gasteiger charge is -2.08. The average Bonchev–Trinajstić information content (AvgIpc) is 2.18. The van der Waals surface area contributed by atoms with Crippen molar-refractivity contribution in [2.45, 2.75) is 26.7 Å². The first-order chi connectivity index (χ1) is 7.06. The zero-order chi connectivity index (χ0) is 11.4. The van der Waals surface area contributed by atoms with E-state index in [0.29, 0.717) is 22.7 Å². The van der Waals surface area contributed by atoms with Gasteiger partial charge in [-0.1, -0.05) is 13.8 Å². The van der Waals surface area contributed by atoms with Gasteiger partial charge in [-0.2, -0.15) is 0 Å². The molecule has 0 fully saturated rings. The molecular weight excluding hydrogens is 258 g/mol. The van der Waals surface area contributed by atoms with Crippen molar-refractivity contribution < 1.29 is 9.53 Å². The molecule has 0 atom stereocenters. The third kappa shape index (κ3) is 3.02. The van der Waals surface area contributed by atoms with Crippen molar-refractivity contribution in [1.29, 1.82) is 0 Å². The Morgan fingerprint density at radius 3 is 2.73 bits per heavy atom. The van der Waals surface area contributed by atoms with Crippen molar-refractivity contribution in [2.75, 3.05) is 6.61 Å². The van der Waals surface area contributed by atoms with E-state index in [0.717, 1.165) is 5.69 Å². The molecule has 1 aromatic rings. The summed E-state index contributed by atoms with van der Waals surface area (Å²) < 4.78 is 5.58. The van der Waals surface area contributed by atoms with Crippen LogP contribution in [0, 0.1) is 0 Å². The molecule has 3 nitrogen and oxygen atoms in total. The molecule has 0 unspecified atom stereocenters. The Balaban J connectivity index is 3.05. The van der Waals surface area contributed by atoms with Crippen LogP contribution in [0.5, 0.6) is 0 Å². The Morgan fingerprint density at radius 1 is 1.53 bits per heavy atom. The summed E-state index contributed by atoms with van der Waals surface area (Å²) in [7, 11) is 0. The van der Waals surface area contributed by atoms with Crippen LogP contribution in [0.1, 0.15) is 42.9 Å². The molecule has 15 heavy (non-hydrogen) atoms. The minimum atomic E-state index is -0.383. The van der Waals surface area contributed by atoms with E-state index in [2.05, 4.69) is 20.9 Å². The Morgan fingerprint density at radius 2 is 2.20 bits per heavy atom. The Kier molecular flexibility index (Phi) is 4.27. The monoisotopic (exact) mass is 271 g/mol. The Hall–Kier alpha value is -0.900. The number of nitrogens with zero attached hydrogens (tertiary/aromatic N) is 1. The lowest BCUT2D eigenvalue weighted by Crippen LogP contribution is -2.09. The molecule has 0 spiro atoms. The maximum Gasteiger partial charge on any atom is 0.358 e. The van der Waals surface area contributed by atoms with Gasteiger partial charge >= 0.3 is 5.97 Å². The van der Waals surface area contributed by atoms with E-state index in [9.17, 15) is 4.79 Å². The highest BCUT2D eigenvalue weighted by atomic mass is 79.9. The molecule has 0 N–H and O–H groups in total. The van der Waals surface area contributed by atoms with E-state index in [1.807, 2.05) is 26.0 Å². The van der Waals surface area contributed by atoms with Crippen molar-refractivity contribution in [1.82, 2.24) is 4.98 Å². The Bertz CT molecular complexity index is 364. The van der Waals surface area contributed by atoms with E-state index in [4.69, 9.17) is 4.74 Å². The molecular formula is C11H14BrNO2. The number of rotatable bonds is 3. The lowest BCUT2D eigenvalue weighted by atomic mass is 10.1. The molecule has 0 saturated heterocycles. The first-order valence-corrected chi connectivity index (χ1v) is 5.69. The van der Waals surface area contributed by atoms with Gasteiger partial charge in [0.05, 0.1) is 11.1 Å². The Labute approximate surface area is 98.0 Å².